The first-order valence-corrected chi connectivity index (χ1v) is 7.44. The van der Waals surface area contributed by atoms with Gasteiger partial charge in [-0.3, -0.25) is 4.98 Å². The van der Waals surface area contributed by atoms with Crippen LogP contribution in [0.25, 0.3) is 11.5 Å². The smallest absolute Gasteiger partial charge is 0.179 e. The van der Waals surface area contributed by atoms with Crippen LogP contribution in [0.4, 0.5) is 0 Å². The van der Waals surface area contributed by atoms with E-state index in [1.807, 2.05) is 6.20 Å². The third-order valence-electron chi connectivity index (χ3n) is 3.92. The van der Waals surface area contributed by atoms with E-state index in [1.54, 1.807) is 18.6 Å². The molecule has 0 amide bonds. The molecule has 0 saturated carbocycles. The Bertz CT molecular complexity index is 624. The van der Waals surface area contributed by atoms with Crippen molar-refractivity contribution in [2.45, 2.75) is 39.7 Å². The number of aromatic nitrogens is 4. The van der Waals surface area contributed by atoms with E-state index in [-0.39, 0.29) is 5.41 Å². The molecular weight excluding hydrogens is 262 g/mol. The highest BCUT2D eigenvalue weighted by Gasteiger charge is 2.33. The maximum Gasteiger partial charge on any atom is 0.179 e. The Kier molecular flexibility index (Phi) is 3.68. The summed E-state index contributed by atoms with van der Waals surface area (Å²) in [7, 11) is 0. The van der Waals surface area contributed by atoms with E-state index in [1.165, 1.54) is 5.56 Å². The van der Waals surface area contributed by atoms with Crippen LogP contribution in [-0.4, -0.2) is 26.5 Å². The Morgan fingerprint density at radius 2 is 2.10 bits per heavy atom. The summed E-state index contributed by atoms with van der Waals surface area (Å²) in [6, 6.07) is 0.338. The molecule has 1 aliphatic carbocycles. The van der Waals surface area contributed by atoms with Crippen LogP contribution in [0.5, 0.6) is 0 Å². The molecule has 2 aromatic heterocycles. The minimum atomic E-state index is 0.244. The van der Waals surface area contributed by atoms with Crippen LogP contribution in [0.1, 0.15) is 44.5 Å². The van der Waals surface area contributed by atoms with Gasteiger partial charge in [-0.25, -0.2) is 15.0 Å². The topological polar surface area (TPSA) is 63.6 Å². The van der Waals surface area contributed by atoms with Crippen molar-refractivity contribution in [2.75, 3.05) is 6.54 Å². The fourth-order valence-corrected chi connectivity index (χ4v) is 3.01. The minimum absolute atomic E-state index is 0.244. The van der Waals surface area contributed by atoms with Crippen molar-refractivity contribution in [1.82, 2.24) is 25.3 Å². The molecule has 5 nitrogen and oxygen atoms in total. The third-order valence-corrected chi connectivity index (χ3v) is 3.92. The fourth-order valence-electron chi connectivity index (χ4n) is 3.01. The van der Waals surface area contributed by atoms with Gasteiger partial charge in [0.05, 0.1) is 6.20 Å². The van der Waals surface area contributed by atoms with Crippen LogP contribution in [0.3, 0.4) is 0 Å². The number of nitrogens with zero attached hydrogens (tertiary/aromatic N) is 4. The number of hydrogen-bond acceptors (Lipinski definition) is 5. The zero-order valence-corrected chi connectivity index (χ0v) is 12.8. The molecular formula is C16H21N5. The first-order valence-electron chi connectivity index (χ1n) is 7.44. The van der Waals surface area contributed by atoms with Gasteiger partial charge in [0.15, 0.2) is 5.82 Å². The predicted molar refractivity (Wildman–Crippen MR) is 81.6 cm³/mol. The Hall–Kier alpha value is -1.88. The lowest BCUT2D eigenvalue weighted by molar-refractivity contribution is 0.255. The molecule has 0 radical (unpaired) electrons. The van der Waals surface area contributed by atoms with E-state index in [9.17, 15) is 0 Å². The summed E-state index contributed by atoms with van der Waals surface area (Å²) in [4.78, 5) is 17.6. The van der Waals surface area contributed by atoms with Crippen molar-refractivity contribution in [3.05, 3.63) is 36.0 Å². The van der Waals surface area contributed by atoms with E-state index < -0.39 is 0 Å². The SMILES string of the molecule is CCNC1CC(C)(C)Cc2nc(-c3cnccn3)ncc21. The first kappa shape index (κ1) is 14.1. The molecule has 0 fully saturated rings. The summed E-state index contributed by atoms with van der Waals surface area (Å²) in [5.41, 5.74) is 3.33. The Balaban J connectivity index is 2.01. The third kappa shape index (κ3) is 2.93. The molecule has 1 aliphatic rings. The molecule has 0 saturated heterocycles. The van der Waals surface area contributed by atoms with Crippen molar-refractivity contribution < 1.29 is 0 Å². The van der Waals surface area contributed by atoms with E-state index in [2.05, 4.69) is 41.0 Å². The fraction of sp³-hybridized carbons (Fsp3) is 0.500. The number of fused-ring (bicyclic) bond motifs is 1. The minimum Gasteiger partial charge on any atom is -0.310 e. The van der Waals surface area contributed by atoms with Crippen molar-refractivity contribution in [3.8, 4) is 11.5 Å². The normalized spacial score (nSPS) is 20.0. The number of hydrogen-bond donors (Lipinski definition) is 1. The quantitative estimate of drug-likeness (QED) is 0.938. The Morgan fingerprint density at radius 3 is 2.81 bits per heavy atom. The molecule has 1 unspecified atom stereocenters. The van der Waals surface area contributed by atoms with Gasteiger partial charge in [0.25, 0.3) is 0 Å². The summed E-state index contributed by atoms with van der Waals surface area (Å²) in [6.07, 6.45) is 9.07. The molecule has 2 heterocycles. The van der Waals surface area contributed by atoms with Crippen molar-refractivity contribution in [1.29, 1.82) is 0 Å². The molecule has 110 valence electrons. The molecule has 1 atom stereocenters. The molecule has 21 heavy (non-hydrogen) atoms. The largest absolute Gasteiger partial charge is 0.310 e. The summed E-state index contributed by atoms with van der Waals surface area (Å²) in [5, 5.41) is 3.55. The summed E-state index contributed by atoms with van der Waals surface area (Å²) < 4.78 is 0. The van der Waals surface area contributed by atoms with Crippen LogP contribution in [0.15, 0.2) is 24.8 Å². The summed E-state index contributed by atoms with van der Waals surface area (Å²) in [6.45, 7) is 7.68. The zero-order chi connectivity index (χ0) is 14.9. The van der Waals surface area contributed by atoms with Crippen molar-refractivity contribution in [2.24, 2.45) is 5.41 Å². The molecule has 0 aliphatic heterocycles. The molecule has 0 spiro atoms. The number of rotatable bonds is 3. The highest BCUT2D eigenvalue weighted by molar-refractivity contribution is 5.48. The van der Waals surface area contributed by atoms with Gasteiger partial charge in [0.2, 0.25) is 0 Å². The monoisotopic (exact) mass is 283 g/mol. The van der Waals surface area contributed by atoms with Crippen LogP contribution in [0.2, 0.25) is 0 Å². The first-order chi connectivity index (χ1) is 10.1. The average Bonchev–Trinajstić information content (AvgIpc) is 2.46. The predicted octanol–water partition coefficient (Wildman–Crippen LogP) is 2.56. The summed E-state index contributed by atoms with van der Waals surface area (Å²) in [5.74, 6) is 0.662. The maximum absolute atomic E-state index is 4.76. The highest BCUT2D eigenvalue weighted by Crippen LogP contribution is 2.39. The molecule has 5 heteroatoms. The lowest BCUT2D eigenvalue weighted by Gasteiger charge is -2.36. The van der Waals surface area contributed by atoms with Gasteiger partial charge >= 0.3 is 0 Å². The van der Waals surface area contributed by atoms with E-state index in [0.29, 0.717) is 11.9 Å². The lowest BCUT2D eigenvalue weighted by atomic mass is 9.74. The van der Waals surface area contributed by atoms with Gasteiger partial charge in [-0.15, -0.1) is 0 Å². The standard InChI is InChI=1S/C16H21N5/c1-4-18-12-7-16(2,3)8-13-11(12)9-20-15(21-13)14-10-17-5-6-19-14/h5-6,9-10,12,18H,4,7-8H2,1-3H3. The van der Waals surface area contributed by atoms with Gasteiger partial charge in [-0.05, 0) is 24.8 Å². The lowest BCUT2D eigenvalue weighted by Crippen LogP contribution is -2.34. The van der Waals surface area contributed by atoms with E-state index in [0.717, 1.165) is 30.8 Å². The van der Waals surface area contributed by atoms with Crippen LogP contribution in [0, 0.1) is 5.41 Å². The number of nitrogens with one attached hydrogen (secondary N) is 1. The van der Waals surface area contributed by atoms with Gasteiger partial charge in [0, 0.05) is 35.9 Å². The second-order valence-electron chi connectivity index (χ2n) is 6.34. The van der Waals surface area contributed by atoms with Crippen LogP contribution >= 0.6 is 0 Å². The van der Waals surface area contributed by atoms with E-state index >= 15 is 0 Å². The van der Waals surface area contributed by atoms with Gasteiger partial charge in [-0.1, -0.05) is 20.8 Å². The summed E-state index contributed by atoms with van der Waals surface area (Å²) >= 11 is 0. The van der Waals surface area contributed by atoms with Crippen LogP contribution in [-0.2, 0) is 6.42 Å². The van der Waals surface area contributed by atoms with Crippen molar-refractivity contribution >= 4 is 0 Å². The van der Waals surface area contributed by atoms with Crippen LogP contribution < -0.4 is 5.32 Å². The average molecular weight is 283 g/mol. The van der Waals surface area contributed by atoms with Gasteiger partial charge in [-0.2, -0.15) is 0 Å². The Morgan fingerprint density at radius 1 is 1.24 bits per heavy atom. The Labute approximate surface area is 125 Å². The zero-order valence-electron chi connectivity index (χ0n) is 12.8. The molecule has 3 rings (SSSR count). The second-order valence-corrected chi connectivity index (χ2v) is 6.34. The van der Waals surface area contributed by atoms with Crippen molar-refractivity contribution in [3.63, 3.8) is 0 Å². The van der Waals surface area contributed by atoms with E-state index in [4.69, 9.17) is 4.98 Å². The highest BCUT2D eigenvalue weighted by atomic mass is 15.0. The maximum atomic E-state index is 4.76. The second kappa shape index (κ2) is 5.48. The molecule has 0 aromatic carbocycles. The van der Waals surface area contributed by atoms with Gasteiger partial charge < -0.3 is 5.32 Å². The molecule has 0 bridgehead atoms. The molecule has 2 aromatic rings. The van der Waals surface area contributed by atoms with Gasteiger partial charge in [0.1, 0.15) is 5.69 Å². The molecule has 1 N–H and O–H groups in total.